The molecule has 1 saturated carbocycles. The van der Waals surface area contributed by atoms with Crippen LogP contribution in [0.25, 0.3) is 0 Å². The van der Waals surface area contributed by atoms with Crippen molar-refractivity contribution in [3.63, 3.8) is 0 Å². The Morgan fingerprint density at radius 3 is 2.55 bits per heavy atom. The van der Waals surface area contributed by atoms with Crippen molar-refractivity contribution in [2.75, 3.05) is 13.1 Å². The molecule has 6 nitrogen and oxygen atoms in total. The molecule has 112 valence electrons. The Morgan fingerprint density at radius 2 is 2.10 bits per heavy atom. The van der Waals surface area contributed by atoms with Crippen molar-refractivity contribution in [3.05, 3.63) is 0 Å². The summed E-state index contributed by atoms with van der Waals surface area (Å²) in [4.78, 5) is 24.7. The summed E-state index contributed by atoms with van der Waals surface area (Å²) in [5.74, 6) is -0.306. The van der Waals surface area contributed by atoms with E-state index in [-0.39, 0.29) is 30.8 Å². The smallest absolute Gasteiger partial charge is 0.317 e. The number of nitriles is 1. The van der Waals surface area contributed by atoms with Crippen molar-refractivity contribution in [3.8, 4) is 6.07 Å². The van der Waals surface area contributed by atoms with Crippen LogP contribution < -0.4 is 5.32 Å². The number of carbonyl (C=O) groups is 2. The zero-order valence-electron chi connectivity index (χ0n) is 12.1. The summed E-state index contributed by atoms with van der Waals surface area (Å²) in [5.41, 5.74) is 0. The van der Waals surface area contributed by atoms with Gasteiger partial charge in [0, 0.05) is 19.1 Å². The Morgan fingerprint density at radius 1 is 1.45 bits per heavy atom. The first-order chi connectivity index (χ1) is 9.43. The largest absolute Gasteiger partial charge is 0.481 e. The van der Waals surface area contributed by atoms with Crippen LogP contribution in [0.5, 0.6) is 0 Å². The number of carboxylic acid groups (broad SMARTS) is 1. The summed E-state index contributed by atoms with van der Waals surface area (Å²) in [6.07, 6.45) is 2.19. The van der Waals surface area contributed by atoms with E-state index in [4.69, 9.17) is 10.4 Å². The monoisotopic (exact) mass is 281 g/mol. The van der Waals surface area contributed by atoms with Gasteiger partial charge >= 0.3 is 12.0 Å². The number of hydrogen-bond acceptors (Lipinski definition) is 3. The van der Waals surface area contributed by atoms with Gasteiger partial charge in [-0.1, -0.05) is 13.8 Å². The Bertz CT molecular complexity index is 386. The first kappa shape index (κ1) is 16.3. The first-order valence-corrected chi connectivity index (χ1v) is 7.08. The van der Waals surface area contributed by atoms with E-state index in [2.05, 4.69) is 5.32 Å². The Hall–Kier alpha value is -1.77. The molecule has 2 amide bonds. The summed E-state index contributed by atoms with van der Waals surface area (Å²) in [6.45, 7) is 4.95. The fraction of sp³-hybridized carbons (Fsp3) is 0.786. The number of amides is 2. The molecule has 0 radical (unpaired) electrons. The average Bonchev–Trinajstić information content (AvgIpc) is 3.16. The molecule has 0 saturated heterocycles. The van der Waals surface area contributed by atoms with Crippen LogP contribution in [0.1, 0.15) is 39.5 Å². The number of carbonyl (C=O) groups excluding carboxylic acids is 1. The third kappa shape index (κ3) is 5.91. The fourth-order valence-corrected chi connectivity index (χ4v) is 2.17. The average molecular weight is 281 g/mol. The van der Waals surface area contributed by atoms with E-state index in [0.29, 0.717) is 19.0 Å². The Balaban J connectivity index is 2.57. The second-order valence-corrected chi connectivity index (χ2v) is 5.74. The molecular formula is C14H23N3O3. The molecule has 1 fully saturated rings. The highest BCUT2D eigenvalue weighted by Gasteiger charge is 2.34. The van der Waals surface area contributed by atoms with E-state index in [0.717, 1.165) is 12.8 Å². The van der Waals surface area contributed by atoms with Gasteiger partial charge in [0.25, 0.3) is 0 Å². The number of aliphatic carboxylic acids is 1. The highest BCUT2D eigenvalue weighted by atomic mass is 16.4. The van der Waals surface area contributed by atoms with E-state index in [1.165, 1.54) is 0 Å². The lowest BCUT2D eigenvalue weighted by molar-refractivity contribution is -0.137. The summed E-state index contributed by atoms with van der Waals surface area (Å²) in [6, 6.07) is 1.48. The molecule has 0 bridgehead atoms. The van der Waals surface area contributed by atoms with E-state index >= 15 is 0 Å². The Labute approximate surface area is 119 Å². The number of carboxylic acids is 1. The van der Waals surface area contributed by atoms with Crippen LogP contribution in [-0.2, 0) is 4.79 Å². The van der Waals surface area contributed by atoms with Gasteiger partial charge in [0.1, 0.15) is 0 Å². The molecule has 1 unspecified atom stereocenters. The molecule has 0 aromatic heterocycles. The van der Waals surface area contributed by atoms with Gasteiger partial charge in [-0.2, -0.15) is 5.26 Å². The van der Waals surface area contributed by atoms with Crippen molar-refractivity contribution in [2.24, 2.45) is 11.8 Å². The standard InChI is InChI=1S/C14H23N3O3/c1-10(2)9-17(7-3-6-15)14(20)16-12(8-13(18)19)11-4-5-11/h10-12H,3-5,7-9H2,1-2H3,(H,16,20)(H,18,19). The van der Waals surface area contributed by atoms with E-state index in [1.54, 1.807) is 4.90 Å². The van der Waals surface area contributed by atoms with E-state index < -0.39 is 5.97 Å². The number of hydrogen-bond donors (Lipinski definition) is 2. The van der Waals surface area contributed by atoms with Crippen LogP contribution >= 0.6 is 0 Å². The topological polar surface area (TPSA) is 93.4 Å². The third-order valence-electron chi connectivity index (χ3n) is 3.26. The minimum absolute atomic E-state index is 0.0375. The minimum Gasteiger partial charge on any atom is -0.481 e. The van der Waals surface area contributed by atoms with Gasteiger partial charge in [-0.3, -0.25) is 4.79 Å². The second kappa shape index (κ2) is 7.73. The van der Waals surface area contributed by atoms with Crippen LogP contribution in [0, 0.1) is 23.2 Å². The Kier molecular flexibility index (Phi) is 6.29. The van der Waals surface area contributed by atoms with Crippen LogP contribution in [0.3, 0.4) is 0 Å². The third-order valence-corrected chi connectivity index (χ3v) is 3.26. The number of rotatable bonds is 8. The summed E-state index contributed by atoms with van der Waals surface area (Å²) in [5, 5.41) is 20.4. The first-order valence-electron chi connectivity index (χ1n) is 7.08. The molecule has 0 heterocycles. The predicted molar refractivity (Wildman–Crippen MR) is 73.9 cm³/mol. The summed E-state index contributed by atoms with van der Waals surface area (Å²) in [7, 11) is 0. The highest BCUT2D eigenvalue weighted by Crippen LogP contribution is 2.34. The van der Waals surface area contributed by atoms with Crippen LogP contribution in [0.4, 0.5) is 4.79 Å². The number of nitrogens with zero attached hydrogens (tertiary/aromatic N) is 2. The maximum atomic E-state index is 12.2. The van der Waals surface area contributed by atoms with Crippen molar-refractivity contribution in [2.45, 2.75) is 45.6 Å². The van der Waals surface area contributed by atoms with Crippen molar-refractivity contribution >= 4 is 12.0 Å². The lowest BCUT2D eigenvalue weighted by atomic mass is 10.1. The van der Waals surface area contributed by atoms with Gasteiger partial charge in [0.15, 0.2) is 0 Å². The second-order valence-electron chi connectivity index (χ2n) is 5.74. The maximum Gasteiger partial charge on any atom is 0.317 e. The predicted octanol–water partition coefficient (Wildman–Crippen LogP) is 1.82. The van der Waals surface area contributed by atoms with Crippen molar-refractivity contribution in [1.29, 1.82) is 5.26 Å². The quantitative estimate of drug-likeness (QED) is 0.709. The van der Waals surface area contributed by atoms with Crippen LogP contribution in [0.2, 0.25) is 0 Å². The number of urea groups is 1. The minimum atomic E-state index is -0.894. The fourth-order valence-electron chi connectivity index (χ4n) is 2.17. The summed E-state index contributed by atoms with van der Waals surface area (Å²) < 4.78 is 0. The van der Waals surface area contributed by atoms with Gasteiger partial charge < -0.3 is 15.3 Å². The zero-order valence-corrected chi connectivity index (χ0v) is 12.1. The molecule has 1 atom stereocenters. The maximum absolute atomic E-state index is 12.2. The van der Waals surface area contributed by atoms with Crippen molar-refractivity contribution in [1.82, 2.24) is 10.2 Å². The van der Waals surface area contributed by atoms with Crippen LogP contribution in [0.15, 0.2) is 0 Å². The van der Waals surface area contributed by atoms with Gasteiger partial charge in [-0.05, 0) is 24.7 Å². The zero-order chi connectivity index (χ0) is 15.1. The molecule has 1 aliphatic carbocycles. The molecule has 0 aliphatic heterocycles. The molecule has 6 heteroatoms. The summed E-state index contributed by atoms with van der Waals surface area (Å²) >= 11 is 0. The normalized spacial score (nSPS) is 15.5. The molecule has 2 N–H and O–H groups in total. The van der Waals surface area contributed by atoms with Gasteiger partial charge in [-0.25, -0.2) is 4.79 Å². The molecular weight excluding hydrogens is 258 g/mol. The van der Waals surface area contributed by atoms with E-state index in [1.807, 2.05) is 19.9 Å². The number of nitrogens with one attached hydrogen (secondary N) is 1. The van der Waals surface area contributed by atoms with Crippen LogP contribution in [-0.4, -0.2) is 41.1 Å². The van der Waals surface area contributed by atoms with Gasteiger partial charge in [-0.15, -0.1) is 0 Å². The lowest BCUT2D eigenvalue weighted by Crippen LogP contribution is -2.47. The highest BCUT2D eigenvalue weighted by molar-refractivity contribution is 5.76. The lowest BCUT2D eigenvalue weighted by Gasteiger charge is -2.26. The van der Waals surface area contributed by atoms with Gasteiger partial charge in [0.05, 0.1) is 18.9 Å². The molecule has 1 aliphatic rings. The molecule has 0 aromatic carbocycles. The molecule has 1 rings (SSSR count). The molecule has 0 spiro atoms. The molecule has 20 heavy (non-hydrogen) atoms. The van der Waals surface area contributed by atoms with Gasteiger partial charge in [0.2, 0.25) is 0 Å². The molecule has 0 aromatic rings. The van der Waals surface area contributed by atoms with E-state index in [9.17, 15) is 9.59 Å². The SMILES string of the molecule is CC(C)CN(CCC#N)C(=O)NC(CC(=O)O)C1CC1. The van der Waals surface area contributed by atoms with Crippen molar-refractivity contribution < 1.29 is 14.7 Å².